The number of ether oxygens (including phenoxy) is 1. The lowest BCUT2D eigenvalue weighted by molar-refractivity contribution is -0.129. The van der Waals surface area contributed by atoms with Crippen molar-refractivity contribution in [1.29, 1.82) is 0 Å². The van der Waals surface area contributed by atoms with Gasteiger partial charge >= 0.3 is 0 Å². The Morgan fingerprint density at radius 2 is 2.00 bits per heavy atom. The van der Waals surface area contributed by atoms with E-state index in [1.807, 2.05) is 32.0 Å². The van der Waals surface area contributed by atoms with Crippen LogP contribution in [0.3, 0.4) is 0 Å². The van der Waals surface area contributed by atoms with Crippen molar-refractivity contribution in [3.05, 3.63) is 29.8 Å². The third kappa shape index (κ3) is 6.56. The van der Waals surface area contributed by atoms with Gasteiger partial charge in [0.1, 0.15) is 12.2 Å². The molecule has 0 radical (unpaired) electrons. The predicted octanol–water partition coefficient (Wildman–Crippen LogP) is 1.31. The molecule has 1 aromatic rings. The Kier molecular flexibility index (Phi) is 6.94. The number of carbonyl (C=O) groups excluding carboxylic acids is 2. The number of benzene rings is 1. The highest BCUT2D eigenvalue weighted by Crippen LogP contribution is 2.14. The lowest BCUT2D eigenvalue weighted by Crippen LogP contribution is -2.32. The molecule has 0 aromatic heterocycles. The number of nitrogens with zero attached hydrogens (tertiary/aromatic N) is 1. The second kappa shape index (κ2) is 8.73. The maximum absolute atomic E-state index is 11.5. The lowest BCUT2D eigenvalue weighted by atomic mass is 10.2. The molecule has 0 fully saturated rings. The molecule has 2 amide bonds. The fraction of sp³-hybridized carbons (Fsp3) is 0.400. The summed E-state index contributed by atoms with van der Waals surface area (Å²) in [5, 5.41) is 6.48. The molecular weight excluding hydrogens is 270 g/mol. The van der Waals surface area contributed by atoms with E-state index in [4.69, 9.17) is 4.74 Å². The number of carbonyl (C=O) groups is 2. The number of hydrogen-bond donors (Lipinski definition) is 2. The van der Waals surface area contributed by atoms with Crippen molar-refractivity contribution in [3.63, 3.8) is 0 Å². The van der Waals surface area contributed by atoms with E-state index in [1.165, 1.54) is 6.21 Å². The van der Waals surface area contributed by atoms with Gasteiger partial charge in [0.15, 0.2) is 0 Å². The fourth-order valence-corrected chi connectivity index (χ4v) is 1.51. The second-order valence-corrected chi connectivity index (χ2v) is 4.91. The van der Waals surface area contributed by atoms with Gasteiger partial charge in [-0.15, -0.1) is 0 Å². The molecule has 6 nitrogen and oxygen atoms in total. The normalized spacial score (nSPS) is 10.7. The Labute approximate surface area is 124 Å². The third-order valence-corrected chi connectivity index (χ3v) is 2.56. The van der Waals surface area contributed by atoms with Crippen LogP contribution in [0.2, 0.25) is 0 Å². The standard InChI is InChI=1S/C15H21N3O3/c1-11(2)9-16-14(19)8-15(20)18-17-10-12-6-4-5-7-13(12)21-3/h4-7,10-11H,8-9H2,1-3H3,(H,16,19)(H,18,20)/b17-10-. The first-order valence-corrected chi connectivity index (χ1v) is 6.74. The summed E-state index contributed by atoms with van der Waals surface area (Å²) >= 11 is 0. The Hall–Kier alpha value is -2.37. The molecule has 0 unspecified atom stereocenters. The van der Waals surface area contributed by atoms with Gasteiger partial charge in [-0.3, -0.25) is 9.59 Å². The van der Waals surface area contributed by atoms with Gasteiger partial charge in [0.05, 0.1) is 13.3 Å². The minimum Gasteiger partial charge on any atom is -0.496 e. The first-order chi connectivity index (χ1) is 10.0. The molecule has 1 aromatic carbocycles. The molecule has 0 heterocycles. The molecule has 0 saturated heterocycles. The summed E-state index contributed by atoms with van der Waals surface area (Å²) in [5.41, 5.74) is 3.06. The van der Waals surface area contributed by atoms with Gasteiger partial charge < -0.3 is 10.1 Å². The van der Waals surface area contributed by atoms with Crippen LogP contribution >= 0.6 is 0 Å². The zero-order valence-electron chi connectivity index (χ0n) is 12.6. The number of methoxy groups -OCH3 is 1. The van der Waals surface area contributed by atoms with Gasteiger partial charge in [-0.25, -0.2) is 5.43 Å². The molecule has 0 aliphatic heterocycles. The Morgan fingerprint density at radius 3 is 2.67 bits per heavy atom. The summed E-state index contributed by atoms with van der Waals surface area (Å²) in [6.07, 6.45) is 1.23. The van der Waals surface area contributed by atoms with Crippen LogP contribution < -0.4 is 15.5 Å². The molecule has 2 N–H and O–H groups in total. The average Bonchev–Trinajstić information content (AvgIpc) is 2.45. The molecule has 0 spiro atoms. The van der Waals surface area contributed by atoms with E-state index in [0.717, 1.165) is 5.56 Å². The van der Waals surface area contributed by atoms with E-state index >= 15 is 0 Å². The smallest absolute Gasteiger partial charge is 0.249 e. The van der Waals surface area contributed by atoms with E-state index in [9.17, 15) is 9.59 Å². The van der Waals surface area contributed by atoms with E-state index in [-0.39, 0.29) is 12.3 Å². The third-order valence-electron chi connectivity index (χ3n) is 2.56. The summed E-state index contributed by atoms with van der Waals surface area (Å²) in [6.45, 7) is 4.52. The van der Waals surface area contributed by atoms with Gasteiger partial charge in [-0.05, 0) is 18.1 Å². The predicted molar refractivity (Wildman–Crippen MR) is 81.2 cm³/mol. The quantitative estimate of drug-likeness (QED) is 0.451. The van der Waals surface area contributed by atoms with Gasteiger partial charge in [0, 0.05) is 12.1 Å². The van der Waals surface area contributed by atoms with E-state index in [1.54, 1.807) is 13.2 Å². The Balaban J connectivity index is 2.42. The summed E-state index contributed by atoms with van der Waals surface area (Å²) in [6, 6.07) is 7.28. The molecule has 0 aliphatic carbocycles. The van der Waals surface area contributed by atoms with Crippen molar-refractivity contribution >= 4 is 18.0 Å². The molecule has 0 saturated carbocycles. The number of hydrogen-bond acceptors (Lipinski definition) is 4. The van der Waals surface area contributed by atoms with E-state index in [0.29, 0.717) is 18.2 Å². The highest BCUT2D eigenvalue weighted by atomic mass is 16.5. The first kappa shape index (κ1) is 16.7. The molecule has 21 heavy (non-hydrogen) atoms. The maximum atomic E-state index is 11.5. The van der Waals surface area contributed by atoms with Crippen LogP contribution in [-0.2, 0) is 9.59 Å². The van der Waals surface area contributed by atoms with Crippen molar-refractivity contribution in [3.8, 4) is 5.75 Å². The number of hydrazone groups is 1. The SMILES string of the molecule is COc1ccccc1/C=N\NC(=O)CC(=O)NCC(C)C. The topological polar surface area (TPSA) is 79.8 Å². The van der Waals surface area contributed by atoms with Crippen LogP contribution in [0.15, 0.2) is 29.4 Å². The van der Waals surface area contributed by atoms with Crippen LogP contribution in [0.25, 0.3) is 0 Å². The van der Waals surface area contributed by atoms with Crippen molar-refractivity contribution in [2.45, 2.75) is 20.3 Å². The maximum Gasteiger partial charge on any atom is 0.249 e. The van der Waals surface area contributed by atoms with Crippen LogP contribution in [0.5, 0.6) is 5.75 Å². The molecule has 1 rings (SSSR count). The molecule has 6 heteroatoms. The highest BCUT2D eigenvalue weighted by molar-refractivity contribution is 5.97. The summed E-state index contributed by atoms with van der Waals surface area (Å²) in [4.78, 5) is 23.0. The van der Waals surface area contributed by atoms with E-state index in [2.05, 4.69) is 15.8 Å². The van der Waals surface area contributed by atoms with Gasteiger partial charge in [-0.1, -0.05) is 26.0 Å². The van der Waals surface area contributed by atoms with Gasteiger partial charge in [0.2, 0.25) is 11.8 Å². The zero-order chi connectivity index (χ0) is 15.7. The van der Waals surface area contributed by atoms with Gasteiger partial charge in [0.25, 0.3) is 0 Å². The minimum atomic E-state index is -0.456. The molecule has 0 aliphatic rings. The molecule has 0 bridgehead atoms. The van der Waals surface area contributed by atoms with Crippen molar-refractivity contribution in [2.75, 3.05) is 13.7 Å². The minimum absolute atomic E-state index is 0.240. The lowest BCUT2D eigenvalue weighted by Gasteiger charge is -2.06. The van der Waals surface area contributed by atoms with Crippen LogP contribution in [-0.4, -0.2) is 31.7 Å². The Morgan fingerprint density at radius 1 is 1.29 bits per heavy atom. The zero-order valence-corrected chi connectivity index (χ0v) is 12.6. The largest absolute Gasteiger partial charge is 0.496 e. The molecule has 0 atom stereocenters. The van der Waals surface area contributed by atoms with Crippen LogP contribution in [0.1, 0.15) is 25.8 Å². The number of nitrogens with one attached hydrogen (secondary N) is 2. The summed E-state index contributed by atoms with van der Waals surface area (Å²) < 4.78 is 5.15. The summed E-state index contributed by atoms with van der Waals surface area (Å²) in [5.74, 6) is 0.238. The number of rotatable bonds is 7. The fourth-order valence-electron chi connectivity index (χ4n) is 1.51. The number of para-hydroxylation sites is 1. The average molecular weight is 291 g/mol. The summed E-state index contributed by atoms with van der Waals surface area (Å²) in [7, 11) is 1.56. The van der Waals surface area contributed by atoms with Crippen molar-refractivity contribution < 1.29 is 14.3 Å². The molecular formula is C15H21N3O3. The first-order valence-electron chi connectivity index (χ1n) is 6.74. The van der Waals surface area contributed by atoms with Crippen LogP contribution in [0.4, 0.5) is 0 Å². The Bertz CT molecular complexity index is 513. The van der Waals surface area contributed by atoms with E-state index < -0.39 is 5.91 Å². The number of amides is 2. The highest BCUT2D eigenvalue weighted by Gasteiger charge is 2.08. The van der Waals surface area contributed by atoms with Gasteiger partial charge in [-0.2, -0.15) is 5.10 Å². The molecule has 114 valence electrons. The van der Waals surface area contributed by atoms with Crippen molar-refractivity contribution in [2.24, 2.45) is 11.0 Å². The van der Waals surface area contributed by atoms with Crippen molar-refractivity contribution in [1.82, 2.24) is 10.7 Å². The van der Waals surface area contributed by atoms with Crippen LogP contribution in [0, 0.1) is 5.92 Å². The monoisotopic (exact) mass is 291 g/mol. The second-order valence-electron chi connectivity index (χ2n) is 4.91.